The van der Waals surface area contributed by atoms with Gasteiger partial charge in [-0.1, -0.05) is 189 Å². The monoisotopic (exact) mass is 856 g/mol. The van der Waals surface area contributed by atoms with Crippen LogP contribution in [-0.4, -0.2) is 87.5 Å². The highest BCUT2D eigenvalue weighted by Gasteiger charge is 2.44. The van der Waals surface area contributed by atoms with Gasteiger partial charge in [-0.15, -0.1) is 0 Å². The van der Waals surface area contributed by atoms with E-state index in [4.69, 9.17) is 9.47 Å². The maximum absolute atomic E-state index is 12.9. The number of amides is 1. The summed E-state index contributed by atoms with van der Waals surface area (Å²) in [4.78, 5) is 12.9. The van der Waals surface area contributed by atoms with Crippen LogP contribution in [0, 0.1) is 0 Å². The van der Waals surface area contributed by atoms with Gasteiger partial charge in [-0.25, -0.2) is 0 Å². The molecule has 0 aliphatic carbocycles. The molecule has 1 aliphatic heterocycles. The normalized spacial score (nSPS) is 21.2. The number of rotatable bonds is 39. The first kappa shape index (κ1) is 56.4. The Balaban J connectivity index is 2.40. The lowest BCUT2D eigenvalue weighted by Gasteiger charge is -2.40. The number of aliphatic hydroxyl groups is 5. The van der Waals surface area contributed by atoms with Crippen molar-refractivity contribution in [2.75, 3.05) is 13.2 Å². The zero-order valence-electron chi connectivity index (χ0n) is 38.4. The second-order valence-electron chi connectivity index (χ2n) is 16.5. The molecule has 9 nitrogen and oxygen atoms in total. The molecule has 7 atom stereocenters. The third-order valence-electron chi connectivity index (χ3n) is 11.0. The molecule has 1 fully saturated rings. The summed E-state index contributed by atoms with van der Waals surface area (Å²) in [6, 6.07) is -0.856. The number of carbonyl (C=O) groups excluding carboxylic acids is 1. The number of hydrogen-bond acceptors (Lipinski definition) is 8. The highest BCUT2D eigenvalue weighted by Crippen LogP contribution is 2.22. The lowest BCUT2D eigenvalue weighted by atomic mass is 9.99. The number of unbranched alkanes of at least 4 members (excludes halogenated alkanes) is 17. The number of aliphatic hydroxyl groups excluding tert-OH is 5. The van der Waals surface area contributed by atoms with E-state index in [1.54, 1.807) is 6.08 Å². The van der Waals surface area contributed by atoms with Gasteiger partial charge in [0.25, 0.3) is 0 Å². The Morgan fingerprint density at radius 2 is 1.03 bits per heavy atom. The fourth-order valence-electron chi connectivity index (χ4n) is 7.09. The summed E-state index contributed by atoms with van der Waals surface area (Å²) in [6.45, 7) is 3.60. The second-order valence-corrected chi connectivity index (χ2v) is 16.5. The molecule has 61 heavy (non-hydrogen) atoms. The van der Waals surface area contributed by atoms with Crippen LogP contribution < -0.4 is 5.32 Å². The standard InChI is InChI=1S/C52H89NO8/c1-3-5-7-9-11-13-15-17-19-21-22-23-24-26-27-29-31-33-35-37-39-41-46(55)45(44-60-52-51(59)50(58)49(57)47(43-54)61-52)53-48(56)42-40-38-36-34-32-30-28-25-20-18-16-14-12-10-8-6-4-2/h6,8,12,14,18,20,28,30-31,33-34,36,39,41,45-47,49-52,54-55,57-59H,3-5,7,9-11,13,15-17,19,21-27,29,32,35,37-38,40,42-44H2,1-2H3,(H,53,56)/b8-6-,14-12-,20-18-,30-28-,33-31+,36-34-,41-39+. The largest absolute Gasteiger partial charge is 0.394 e. The van der Waals surface area contributed by atoms with Crippen LogP contribution in [0.4, 0.5) is 0 Å². The Hall–Kier alpha value is -2.63. The van der Waals surface area contributed by atoms with Crippen LogP contribution in [0.2, 0.25) is 0 Å². The zero-order chi connectivity index (χ0) is 44.4. The molecular formula is C52H89NO8. The number of carbonyl (C=O) groups is 1. The summed E-state index contributed by atoms with van der Waals surface area (Å²) < 4.78 is 11.2. The molecule has 0 spiro atoms. The third kappa shape index (κ3) is 31.8. The van der Waals surface area contributed by atoms with Crippen LogP contribution >= 0.6 is 0 Å². The van der Waals surface area contributed by atoms with Crippen molar-refractivity contribution in [3.63, 3.8) is 0 Å². The van der Waals surface area contributed by atoms with Gasteiger partial charge in [0.05, 0.1) is 25.4 Å². The molecular weight excluding hydrogens is 767 g/mol. The van der Waals surface area contributed by atoms with Crippen molar-refractivity contribution in [2.45, 2.75) is 224 Å². The minimum Gasteiger partial charge on any atom is -0.394 e. The van der Waals surface area contributed by atoms with Gasteiger partial charge in [0.2, 0.25) is 5.91 Å². The Morgan fingerprint density at radius 3 is 1.57 bits per heavy atom. The molecule has 0 aromatic heterocycles. The molecule has 1 aliphatic rings. The van der Waals surface area contributed by atoms with Crippen LogP contribution in [0.3, 0.4) is 0 Å². The fraction of sp³-hybridized carbons (Fsp3) is 0.712. The van der Waals surface area contributed by atoms with Crippen molar-refractivity contribution in [1.29, 1.82) is 0 Å². The Morgan fingerprint density at radius 1 is 0.574 bits per heavy atom. The fourth-order valence-corrected chi connectivity index (χ4v) is 7.09. The predicted molar refractivity (Wildman–Crippen MR) is 253 cm³/mol. The second kappa shape index (κ2) is 41.4. The predicted octanol–water partition coefficient (Wildman–Crippen LogP) is 10.7. The van der Waals surface area contributed by atoms with Crippen molar-refractivity contribution >= 4 is 5.91 Å². The van der Waals surface area contributed by atoms with E-state index in [-0.39, 0.29) is 18.9 Å². The first-order valence-electron chi connectivity index (χ1n) is 24.3. The van der Waals surface area contributed by atoms with E-state index >= 15 is 0 Å². The first-order valence-corrected chi connectivity index (χ1v) is 24.3. The molecule has 6 N–H and O–H groups in total. The lowest BCUT2D eigenvalue weighted by molar-refractivity contribution is -0.302. The van der Waals surface area contributed by atoms with Crippen LogP contribution in [0.5, 0.6) is 0 Å². The van der Waals surface area contributed by atoms with Gasteiger partial charge < -0.3 is 40.3 Å². The van der Waals surface area contributed by atoms with Crippen LogP contribution in [0.1, 0.15) is 181 Å². The smallest absolute Gasteiger partial charge is 0.220 e. The molecule has 0 aromatic rings. The average molecular weight is 856 g/mol. The maximum Gasteiger partial charge on any atom is 0.220 e. The number of hydrogen-bond donors (Lipinski definition) is 6. The Labute approximate surface area is 371 Å². The number of nitrogens with one attached hydrogen (secondary N) is 1. The van der Waals surface area contributed by atoms with Crippen molar-refractivity contribution in [3.05, 3.63) is 85.1 Å². The number of ether oxygens (including phenoxy) is 2. The van der Waals surface area contributed by atoms with Gasteiger partial charge >= 0.3 is 0 Å². The third-order valence-corrected chi connectivity index (χ3v) is 11.0. The van der Waals surface area contributed by atoms with Gasteiger partial charge in [-0.05, 0) is 70.6 Å². The Kier molecular flexibility index (Phi) is 38.3. The molecule has 1 saturated heterocycles. The van der Waals surface area contributed by atoms with Crippen molar-refractivity contribution in [2.24, 2.45) is 0 Å². The highest BCUT2D eigenvalue weighted by atomic mass is 16.7. The molecule has 1 rings (SSSR count). The average Bonchev–Trinajstić information content (AvgIpc) is 3.26. The molecule has 0 saturated carbocycles. The van der Waals surface area contributed by atoms with Crippen molar-refractivity contribution in [3.8, 4) is 0 Å². The molecule has 350 valence electrons. The van der Waals surface area contributed by atoms with Gasteiger partial charge in [0.15, 0.2) is 6.29 Å². The topological polar surface area (TPSA) is 149 Å². The van der Waals surface area contributed by atoms with E-state index < -0.39 is 49.5 Å². The molecule has 0 radical (unpaired) electrons. The maximum atomic E-state index is 12.9. The van der Waals surface area contributed by atoms with E-state index in [1.807, 2.05) is 6.08 Å². The summed E-state index contributed by atoms with van der Waals surface area (Å²) in [7, 11) is 0. The molecule has 0 bridgehead atoms. The van der Waals surface area contributed by atoms with E-state index in [0.29, 0.717) is 6.42 Å². The van der Waals surface area contributed by atoms with Crippen LogP contribution in [0.15, 0.2) is 85.1 Å². The molecule has 1 heterocycles. The van der Waals surface area contributed by atoms with Gasteiger partial charge in [-0.3, -0.25) is 4.79 Å². The highest BCUT2D eigenvalue weighted by molar-refractivity contribution is 5.76. The summed E-state index contributed by atoms with van der Waals surface area (Å²) in [6.07, 6.45) is 50.7. The molecule has 1 amide bonds. The molecule has 9 heteroatoms. The van der Waals surface area contributed by atoms with Crippen molar-refractivity contribution in [1.82, 2.24) is 5.32 Å². The van der Waals surface area contributed by atoms with Crippen LogP contribution in [-0.2, 0) is 14.3 Å². The quantitative estimate of drug-likeness (QED) is 0.0264. The lowest BCUT2D eigenvalue weighted by Crippen LogP contribution is -2.60. The van der Waals surface area contributed by atoms with E-state index in [1.165, 1.54) is 96.3 Å². The molecule has 7 unspecified atom stereocenters. The summed E-state index contributed by atoms with van der Waals surface area (Å²) in [5.41, 5.74) is 0. The van der Waals surface area contributed by atoms with Crippen molar-refractivity contribution < 1.29 is 39.8 Å². The van der Waals surface area contributed by atoms with E-state index in [2.05, 4.69) is 92.1 Å². The minimum atomic E-state index is -1.59. The van der Waals surface area contributed by atoms with Crippen LogP contribution in [0.25, 0.3) is 0 Å². The van der Waals surface area contributed by atoms with E-state index in [9.17, 15) is 30.3 Å². The van der Waals surface area contributed by atoms with Gasteiger partial charge in [0, 0.05) is 6.42 Å². The van der Waals surface area contributed by atoms with Gasteiger partial charge in [-0.2, -0.15) is 0 Å². The number of allylic oxidation sites excluding steroid dienone is 13. The SMILES string of the molecule is CC/C=C\C/C=C\C/C=C\C/C=C\C/C=C\CCCC(=O)NC(COC1OC(CO)C(O)C(O)C1O)C(O)/C=C/CC/C=C/CCCCCCCCCCCCCCCCC. The van der Waals surface area contributed by atoms with E-state index in [0.717, 1.165) is 57.8 Å². The molecule has 0 aromatic carbocycles. The zero-order valence-corrected chi connectivity index (χ0v) is 38.4. The summed E-state index contributed by atoms with van der Waals surface area (Å²) in [5.74, 6) is -0.246. The summed E-state index contributed by atoms with van der Waals surface area (Å²) in [5, 5.41) is 54.2. The summed E-state index contributed by atoms with van der Waals surface area (Å²) >= 11 is 0. The minimum absolute atomic E-state index is 0.228. The first-order chi connectivity index (χ1) is 29.8. The Bertz CT molecular complexity index is 1220. The van der Waals surface area contributed by atoms with Gasteiger partial charge in [0.1, 0.15) is 24.4 Å².